The molecule has 1 amide bonds. The lowest BCUT2D eigenvalue weighted by atomic mass is 9.97. The minimum atomic E-state index is -0.471. The van der Waals surface area contributed by atoms with Crippen molar-refractivity contribution in [3.05, 3.63) is 0 Å². The van der Waals surface area contributed by atoms with E-state index in [1.807, 2.05) is 18.7 Å². The average Bonchev–Trinajstić information content (AvgIpc) is 2.22. The van der Waals surface area contributed by atoms with Gasteiger partial charge in [0.2, 0.25) is 5.91 Å². The first-order valence-corrected chi connectivity index (χ1v) is 5.87. The molecule has 4 heteroatoms. The Morgan fingerprint density at radius 3 is 2.56 bits per heavy atom. The van der Waals surface area contributed by atoms with Crippen LogP contribution in [0.4, 0.5) is 0 Å². The second-order valence-corrected chi connectivity index (χ2v) is 5.56. The number of rotatable bonds is 3. The summed E-state index contributed by atoms with van der Waals surface area (Å²) in [5, 5.41) is 3.30. The topological polar surface area (TPSA) is 41.6 Å². The number of carbonyl (C=O) groups is 1. The van der Waals surface area contributed by atoms with E-state index in [2.05, 4.69) is 19.2 Å². The van der Waals surface area contributed by atoms with Crippen LogP contribution in [0.3, 0.4) is 0 Å². The highest BCUT2D eigenvalue weighted by atomic mass is 16.5. The molecule has 1 aliphatic rings. The van der Waals surface area contributed by atoms with Crippen molar-refractivity contribution in [2.24, 2.45) is 0 Å². The molecule has 0 radical (unpaired) electrons. The van der Waals surface area contributed by atoms with E-state index in [0.29, 0.717) is 13.2 Å². The van der Waals surface area contributed by atoms with Crippen molar-refractivity contribution >= 4 is 5.91 Å². The summed E-state index contributed by atoms with van der Waals surface area (Å²) in [6.45, 7) is 10.2. The monoisotopic (exact) mass is 228 g/mol. The van der Waals surface area contributed by atoms with Crippen molar-refractivity contribution in [2.45, 2.75) is 45.2 Å². The standard InChI is InChI=1S/C12H24N2O2/c1-11(2)6-7-13-12(3,4)10(15)14(11)8-9-16-5/h13H,6-9H2,1-5H3. The molecule has 0 atom stereocenters. The third kappa shape index (κ3) is 2.74. The summed E-state index contributed by atoms with van der Waals surface area (Å²) < 4.78 is 5.08. The van der Waals surface area contributed by atoms with Gasteiger partial charge in [0.15, 0.2) is 0 Å². The number of ether oxygens (including phenoxy) is 1. The van der Waals surface area contributed by atoms with Gasteiger partial charge >= 0.3 is 0 Å². The molecule has 0 aromatic heterocycles. The van der Waals surface area contributed by atoms with E-state index in [9.17, 15) is 4.79 Å². The maximum absolute atomic E-state index is 12.4. The molecular formula is C12H24N2O2. The first-order chi connectivity index (χ1) is 7.31. The van der Waals surface area contributed by atoms with Crippen molar-refractivity contribution in [1.29, 1.82) is 0 Å². The summed E-state index contributed by atoms with van der Waals surface area (Å²) in [6, 6.07) is 0. The van der Waals surface area contributed by atoms with Crippen molar-refractivity contribution in [1.82, 2.24) is 10.2 Å². The first-order valence-electron chi connectivity index (χ1n) is 5.87. The van der Waals surface area contributed by atoms with Crippen molar-refractivity contribution in [3.8, 4) is 0 Å². The highest BCUT2D eigenvalue weighted by Gasteiger charge is 2.41. The molecule has 1 aliphatic heterocycles. The third-order valence-electron chi connectivity index (χ3n) is 3.33. The second-order valence-electron chi connectivity index (χ2n) is 5.56. The molecular weight excluding hydrogens is 204 g/mol. The van der Waals surface area contributed by atoms with Crippen LogP contribution in [0.1, 0.15) is 34.1 Å². The summed E-state index contributed by atoms with van der Waals surface area (Å²) in [6.07, 6.45) is 0.964. The highest BCUT2D eigenvalue weighted by molar-refractivity contribution is 5.86. The normalized spacial score (nSPS) is 24.3. The number of hydrogen-bond donors (Lipinski definition) is 1. The van der Waals surface area contributed by atoms with Crippen molar-refractivity contribution < 1.29 is 9.53 Å². The summed E-state index contributed by atoms with van der Waals surface area (Å²) >= 11 is 0. The summed E-state index contributed by atoms with van der Waals surface area (Å²) in [5.74, 6) is 0.159. The Hall–Kier alpha value is -0.610. The molecule has 94 valence electrons. The number of amides is 1. The van der Waals surface area contributed by atoms with Crippen LogP contribution in [0, 0.1) is 0 Å². The van der Waals surface area contributed by atoms with Gasteiger partial charge in [0.25, 0.3) is 0 Å². The number of carbonyl (C=O) groups excluding carboxylic acids is 1. The lowest BCUT2D eigenvalue weighted by molar-refractivity contribution is -0.141. The molecule has 0 aliphatic carbocycles. The van der Waals surface area contributed by atoms with Gasteiger partial charge in [-0.2, -0.15) is 0 Å². The third-order valence-corrected chi connectivity index (χ3v) is 3.33. The van der Waals surface area contributed by atoms with Crippen LogP contribution < -0.4 is 5.32 Å². The fraction of sp³-hybridized carbons (Fsp3) is 0.917. The van der Waals surface area contributed by atoms with Crippen LogP contribution in [0.15, 0.2) is 0 Å². The van der Waals surface area contributed by atoms with Crippen molar-refractivity contribution in [2.75, 3.05) is 26.8 Å². The fourth-order valence-electron chi connectivity index (χ4n) is 2.09. The largest absolute Gasteiger partial charge is 0.383 e. The maximum Gasteiger partial charge on any atom is 0.242 e. The SMILES string of the molecule is COCCN1C(=O)C(C)(C)NCCC1(C)C. The van der Waals surface area contributed by atoms with Crippen LogP contribution in [0.5, 0.6) is 0 Å². The smallest absolute Gasteiger partial charge is 0.242 e. The molecule has 0 spiro atoms. The van der Waals surface area contributed by atoms with Gasteiger partial charge in [-0.25, -0.2) is 0 Å². The Balaban J connectivity index is 2.89. The molecule has 1 N–H and O–H groups in total. The molecule has 1 heterocycles. The lowest BCUT2D eigenvalue weighted by Gasteiger charge is -2.39. The Morgan fingerprint density at radius 2 is 2.00 bits per heavy atom. The summed E-state index contributed by atoms with van der Waals surface area (Å²) in [4.78, 5) is 14.3. The number of nitrogens with zero attached hydrogens (tertiary/aromatic N) is 1. The van der Waals surface area contributed by atoms with Gasteiger partial charge in [-0.05, 0) is 40.7 Å². The van der Waals surface area contributed by atoms with E-state index in [1.54, 1.807) is 7.11 Å². The lowest BCUT2D eigenvalue weighted by Crippen LogP contribution is -2.56. The van der Waals surface area contributed by atoms with Crippen LogP contribution in [-0.4, -0.2) is 48.7 Å². The minimum absolute atomic E-state index is 0.101. The van der Waals surface area contributed by atoms with Gasteiger partial charge in [0, 0.05) is 19.2 Å². The molecule has 0 saturated carbocycles. The van der Waals surface area contributed by atoms with E-state index in [1.165, 1.54) is 0 Å². The van der Waals surface area contributed by atoms with Crippen LogP contribution in [0.2, 0.25) is 0 Å². The van der Waals surface area contributed by atoms with E-state index in [-0.39, 0.29) is 11.4 Å². The Morgan fingerprint density at radius 1 is 1.38 bits per heavy atom. The molecule has 0 aromatic rings. The highest BCUT2D eigenvalue weighted by Crippen LogP contribution is 2.25. The van der Waals surface area contributed by atoms with Crippen molar-refractivity contribution in [3.63, 3.8) is 0 Å². The first kappa shape index (κ1) is 13.5. The molecule has 1 saturated heterocycles. The minimum Gasteiger partial charge on any atom is -0.383 e. The van der Waals surface area contributed by atoms with Gasteiger partial charge in [-0.1, -0.05) is 0 Å². The summed E-state index contributed by atoms with van der Waals surface area (Å²) in [7, 11) is 1.67. The van der Waals surface area contributed by atoms with Gasteiger partial charge in [-0.3, -0.25) is 4.79 Å². The van der Waals surface area contributed by atoms with E-state index in [0.717, 1.165) is 13.0 Å². The zero-order valence-corrected chi connectivity index (χ0v) is 11.1. The predicted octanol–water partition coefficient (Wildman–Crippen LogP) is 1.01. The number of nitrogens with one attached hydrogen (secondary N) is 1. The van der Waals surface area contributed by atoms with Crippen LogP contribution in [-0.2, 0) is 9.53 Å². The number of methoxy groups -OCH3 is 1. The maximum atomic E-state index is 12.4. The number of hydrogen-bond acceptors (Lipinski definition) is 3. The molecule has 0 aromatic carbocycles. The Kier molecular flexibility index (Phi) is 3.97. The predicted molar refractivity (Wildman–Crippen MR) is 64.4 cm³/mol. The van der Waals surface area contributed by atoms with Gasteiger partial charge < -0.3 is 15.0 Å². The Bertz CT molecular complexity index is 262. The zero-order chi connectivity index (χ0) is 12.4. The molecule has 1 fully saturated rings. The molecule has 0 unspecified atom stereocenters. The van der Waals surface area contributed by atoms with Gasteiger partial charge in [-0.15, -0.1) is 0 Å². The van der Waals surface area contributed by atoms with E-state index >= 15 is 0 Å². The fourth-order valence-corrected chi connectivity index (χ4v) is 2.09. The van der Waals surface area contributed by atoms with Gasteiger partial charge in [0.05, 0.1) is 12.1 Å². The van der Waals surface area contributed by atoms with Crippen LogP contribution >= 0.6 is 0 Å². The Labute approximate surface area is 98.3 Å². The molecule has 0 bridgehead atoms. The summed E-state index contributed by atoms with van der Waals surface area (Å²) in [5.41, 5.74) is -0.572. The molecule has 16 heavy (non-hydrogen) atoms. The van der Waals surface area contributed by atoms with E-state index in [4.69, 9.17) is 4.74 Å². The average molecular weight is 228 g/mol. The van der Waals surface area contributed by atoms with Crippen LogP contribution in [0.25, 0.3) is 0 Å². The van der Waals surface area contributed by atoms with E-state index < -0.39 is 5.54 Å². The molecule has 1 rings (SSSR count). The molecule has 4 nitrogen and oxygen atoms in total. The quantitative estimate of drug-likeness (QED) is 0.784. The zero-order valence-electron chi connectivity index (χ0n) is 11.1. The second kappa shape index (κ2) is 4.72. The van der Waals surface area contributed by atoms with Gasteiger partial charge in [0.1, 0.15) is 0 Å².